The summed E-state index contributed by atoms with van der Waals surface area (Å²) in [5.74, 6) is 0. The highest BCUT2D eigenvalue weighted by Gasteiger charge is 2.30. The van der Waals surface area contributed by atoms with E-state index < -0.39 is 11.7 Å². The minimum absolute atomic E-state index is 0.440. The predicted octanol–water partition coefficient (Wildman–Crippen LogP) is 4.90. The summed E-state index contributed by atoms with van der Waals surface area (Å²) in [6.45, 7) is 0. The van der Waals surface area contributed by atoms with Gasteiger partial charge in [0.15, 0.2) is 0 Å². The van der Waals surface area contributed by atoms with Crippen molar-refractivity contribution < 1.29 is 13.2 Å². The highest BCUT2D eigenvalue weighted by Crippen LogP contribution is 2.34. The Morgan fingerprint density at radius 2 is 1.90 bits per heavy atom. The highest BCUT2D eigenvalue weighted by atomic mass is 35.5. The number of hydrogen-bond donors (Lipinski definition) is 1. The number of nitrogens with zero attached hydrogens (tertiary/aromatic N) is 1. The molecule has 3 rings (SSSR count). The molecule has 0 aliphatic rings. The smallest absolute Gasteiger partial charge is 0.354 e. The fraction of sp³-hybridized carbons (Fsp3) is 0.0714. The number of H-pyrrole nitrogens is 1. The molecular weight excluding hydrogens is 289 g/mol. The van der Waals surface area contributed by atoms with Gasteiger partial charge < -0.3 is 4.98 Å². The summed E-state index contributed by atoms with van der Waals surface area (Å²) >= 11 is 6.03. The van der Waals surface area contributed by atoms with Gasteiger partial charge in [0, 0.05) is 34.6 Å². The number of halogens is 4. The lowest BCUT2D eigenvalue weighted by atomic mass is 10.1. The molecule has 102 valence electrons. The minimum atomic E-state index is -4.35. The van der Waals surface area contributed by atoms with Crippen molar-refractivity contribution in [3.05, 3.63) is 53.3 Å². The van der Waals surface area contributed by atoms with E-state index in [1.165, 1.54) is 12.3 Å². The summed E-state index contributed by atoms with van der Waals surface area (Å²) in [4.78, 5) is 6.93. The van der Waals surface area contributed by atoms with Crippen LogP contribution in [0.4, 0.5) is 13.2 Å². The number of pyridine rings is 1. The van der Waals surface area contributed by atoms with E-state index in [0.717, 1.165) is 12.1 Å². The maximum atomic E-state index is 12.7. The molecule has 0 amide bonds. The Hall–Kier alpha value is -2.01. The number of aromatic amines is 1. The molecule has 0 bridgehead atoms. The van der Waals surface area contributed by atoms with E-state index in [-0.39, 0.29) is 0 Å². The Morgan fingerprint density at radius 3 is 2.60 bits per heavy atom. The van der Waals surface area contributed by atoms with Crippen molar-refractivity contribution in [2.45, 2.75) is 6.18 Å². The molecule has 0 atom stereocenters. The van der Waals surface area contributed by atoms with Crippen molar-refractivity contribution in [3.63, 3.8) is 0 Å². The molecule has 0 spiro atoms. The summed E-state index contributed by atoms with van der Waals surface area (Å²) in [7, 11) is 0. The van der Waals surface area contributed by atoms with Crippen LogP contribution in [0.15, 0.2) is 42.7 Å². The molecule has 3 aromatic rings. The largest absolute Gasteiger partial charge is 0.416 e. The fourth-order valence-electron chi connectivity index (χ4n) is 2.05. The summed E-state index contributed by atoms with van der Waals surface area (Å²) in [5, 5.41) is 0.929. The maximum Gasteiger partial charge on any atom is 0.416 e. The minimum Gasteiger partial charge on any atom is -0.354 e. The Bertz CT molecular complexity index is 777. The molecule has 6 heteroatoms. The second-order valence-corrected chi connectivity index (χ2v) is 4.75. The third-order valence-corrected chi connectivity index (χ3v) is 3.31. The van der Waals surface area contributed by atoms with Crippen LogP contribution in [0.25, 0.3) is 22.2 Å². The Balaban J connectivity index is 2.14. The lowest BCUT2D eigenvalue weighted by Gasteiger charge is -2.05. The number of alkyl halides is 3. The maximum absolute atomic E-state index is 12.7. The van der Waals surface area contributed by atoms with Crippen molar-refractivity contribution >= 4 is 22.5 Å². The van der Waals surface area contributed by atoms with E-state index in [9.17, 15) is 13.2 Å². The zero-order chi connectivity index (χ0) is 14.3. The number of hydrogen-bond acceptors (Lipinski definition) is 1. The van der Waals surface area contributed by atoms with Gasteiger partial charge in [-0.15, -0.1) is 0 Å². The quantitative estimate of drug-likeness (QED) is 0.679. The van der Waals surface area contributed by atoms with E-state index >= 15 is 0 Å². The number of nitrogens with one attached hydrogen (secondary N) is 1. The third-order valence-electron chi connectivity index (χ3n) is 3.01. The molecule has 0 fully saturated rings. The molecule has 0 aliphatic carbocycles. The fourth-order valence-corrected chi connectivity index (χ4v) is 2.27. The summed E-state index contributed by atoms with van der Waals surface area (Å²) in [5.41, 5.74) is 1.32. The van der Waals surface area contributed by atoms with Crippen LogP contribution in [-0.4, -0.2) is 9.97 Å². The van der Waals surface area contributed by atoms with Crippen molar-refractivity contribution in [1.29, 1.82) is 0 Å². The van der Waals surface area contributed by atoms with Crippen LogP contribution >= 0.6 is 11.6 Å². The van der Waals surface area contributed by atoms with E-state index in [2.05, 4.69) is 9.97 Å². The number of fused-ring (bicyclic) bond motifs is 1. The van der Waals surface area contributed by atoms with E-state index in [1.807, 2.05) is 0 Å². The van der Waals surface area contributed by atoms with Gasteiger partial charge in [0.2, 0.25) is 0 Å². The number of aromatic nitrogens is 2. The number of benzene rings is 1. The molecule has 2 heterocycles. The monoisotopic (exact) mass is 296 g/mol. The van der Waals surface area contributed by atoms with Crippen molar-refractivity contribution in [2.75, 3.05) is 0 Å². The molecule has 20 heavy (non-hydrogen) atoms. The summed E-state index contributed by atoms with van der Waals surface area (Å²) in [6.07, 6.45) is -1.28. The van der Waals surface area contributed by atoms with E-state index in [4.69, 9.17) is 11.6 Å². The first-order chi connectivity index (χ1) is 9.45. The first-order valence-corrected chi connectivity index (χ1v) is 6.13. The van der Waals surface area contributed by atoms with Gasteiger partial charge >= 0.3 is 6.18 Å². The van der Waals surface area contributed by atoms with Gasteiger partial charge in [0.1, 0.15) is 0 Å². The van der Waals surface area contributed by atoms with Crippen molar-refractivity contribution in [3.8, 4) is 11.3 Å². The summed E-state index contributed by atoms with van der Waals surface area (Å²) < 4.78 is 38.0. The molecule has 0 radical (unpaired) electrons. The molecule has 2 nitrogen and oxygen atoms in total. The second-order valence-electron chi connectivity index (χ2n) is 4.34. The third kappa shape index (κ3) is 2.25. The predicted molar refractivity (Wildman–Crippen MR) is 71.5 cm³/mol. The molecule has 0 saturated carbocycles. The SMILES string of the molecule is FC(F)(F)c1ccc2[nH]c(-c3ccncc3Cl)cc2c1. The van der Waals surface area contributed by atoms with Crippen molar-refractivity contribution in [2.24, 2.45) is 0 Å². The molecule has 0 saturated heterocycles. The molecular formula is C14H8ClF3N2. The Kier molecular flexibility index (Phi) is 2.94. The van der Waals surface area contributed by atoms with Crippen LogP contribution in [0.1, 0.15) is 5.56 Å². The van der Waals surface area contributed by atoms with Gasteiger partial charge in [0.05, 0.1) is 10.6 Å². The van der Waals surface area contributed by atoms with Gasteiger partial charge in [-0.05, 0) is 30.3 Å². The van der Waals surface area contributed by atoms with Crippen LogP contribution in [0.2, 0.25) is 5.02 Å². The van der Waals surface area contributed by atoms with Crippen LogP contribution in [0.3, 0.4) is 0 Å². The average molecular weight is 297 g/mol. The van der Waals surface area contributed by atoms with Crippen molar-refractivity contribution in [1.82, 2.24) is 9.97 Å². The summed E-state index contributed by atoms with van der Waals surface area (Å²) in [6, 6.07) is 6.93. The first kappa shape index (κ1) is 13.0. The number of rotatable bonds is 1. The van der Waals surface area contributed by atoms with Gasteiger partial charge in [0.25, 0.3) is 0 Å². The standard InChI is InChI=1S/C14H8ClF3N2/c15-11-7-19-4-3-10(11)13-6-8-5-9(14(16,17)18)1-2-12(8)20-13/h1-7,20H. The van der Waals surface area contributed by atoms with Crippen LogP contribution in [-0.2, 0) is 6.18 Å². The normalized spacial score (nSPS) is 12.0. The van der Waals surface area contributed by atoms with Crippen LogP contribution in [0, 0.1) is 0 Å². The first-order valence-electron chi connectivity index (χ1n) is 5.75. The lowest BCUT2D eigenvalue weighted by Crippen LogP contribution is -2.03. The molecule has 1 N–H and O–H groups in total. The van der Waals surface area contributed by atoms with Crippen LogP contribution in [0.5, 0.6) is 0 Å². The Morgan fingerprint density at radius 1 is 1.10 bits per heavy atom. The average Bonchev–Trinajstić information content (AvgIpc) is 2.80. The Labute approximate surface area is 117 Å². The van der Waals surface area contributed by atoms with Crippen LogP contribution < -0.4 is 0 Å². The van der Waals surface area contributed by atoms with Gasteiger partial charge in [-0.25, -0.2) is 0 Å². The van der Waals surface area contributed by atoms with E-state index in [0.29, 0.717) is 27.2 Å². The van der Waals surface area contributed by atoms with Gasteiger partial charge in [-0.3, -0.25) is 4.98 Å². The molecule has 2 aromatic heterocycles. The topological polar surface area (TPSA) is 28.7 Å². The van der Waals surface area contributed by atoms with Gasteiger partial charge in [-0.1, -0.05) is 11.6 Å². The molecule has 0 unspecified atom stereocenters. The van der Waals surface area contributed by atoms with Gasteiger partial charge in [-0.2, -0.15) is 13.2 Å². The second kappa shape index (κ2) is 4.52. The zero-order valence-corrected chi connectivity index (χ0v) is 10.8. The lowest BCUT2D eigenvalue weighted by molar-refractivity contribution is -0.137. The van der Waals surface area contributed by atoms with E-state index in [1.54, 1.807) is 18.3 Å². The molecule has 0 aliphatic heterocycles. The zero-order valence-electron chi connectivity index (χ0n) is 10.0. The highest BCUT2D eigenvalue weighted by molar-refractivity contribution is 6.33. The molecule has 1 aromatic carbocycles.